The van der Waals surface area contributed by atoms with Gasteiger partial charge in [-0.15, -0.1) is 0 Å². The van der Waals surface area contributed by atoms with Crippen LogP contribution in [0, 0.1) is 5.92 Å². The molecule has 0 radical (unpaired) electrons. The molecule has 3 atom stereocenters. The van der Waals surface area contributed by atoms with Crippen molar-refractivity contribution in [1.82, 2.24) is 14.7 Å². The predicted octanol–water partition coefficient (Wildman–Crippen LogP) is 1.37. The van der Waals surface area contributed by atoms with Gasteiger partial charge in [-0.2, -0.15) is 0 Å². The van der Waals surface area contributed by atoms with Gasteiger partial charge in [-0.05, 0) is 63.6 Å². The van der Waals surface area contributed by atoms with Gasteiger partial charge in [-0.25, -0.2) is 0 Å². The fourth-order valence-corrected chi connectivity index (χ4v) is 5.50. The van der Waals surface area contributed by atoms with Gasteiger partial charge in [0, 0.05) is 18.5 Å². The molecule has 5 aliphatic heterocycles. The molecule has 6 rings (SSSR count). The smallest absolute Gasteiger partial charge is 0.237 e. The average Bonchev–Trinajstić information content (AvgIpc) is 3.27. The third-order valence-electron chi connectivity index (χ3n) is 6.59. The van der Waals surface area contributed by atoms with Crippen LogP contribution in [-0.4, -0.2) is 79.8 Å². The van der Waals surface area contributed by atoms with E-state index in [1.54, 1.807) is 0 Å². The van der Waals surface area contributed by atoms with Crippen LogP contribution in [0.3, 0.4) is 0 Å². The highest BCUT2D eigenvalue weighted by Crippen LogP contribution is 2.47. The fraction of sp³-hybridized carbons (Fsp3) is 0.650. The number of hydrogen-bond donors (Lipinski definition) is 0. The number of carbonyl (C=O) groups is 1. The Kier molecular flexibility index (Phi) is 3.87. The van der Waals surface area contributed by atoms with Crippen molar-refractivity contribution in [3.8, 4) is 11.5 Å². The molecular formula is C20H27N3O3. The molecule has 0 aliphatic carbocycles. The van der Waals surface area contributed by atoms with Gasteiger partial charge in [0.2, 0.25) is 12.7 Å². The van der Waals surface area contributed by atoms with Crippen LogP contribution in [-0.2, 0) is 4.79 Å². The van der Waals surface area contributed by atoms with Crippen LogP contribution in [0.2, 0.25) is 0 Å². The van der Waals surface area contributed by atoms with E-state index in [4.69, 9.17) is 9.47 Å². The molecule has 2 bridgehead atoms. The summed E-state index contributed by atoms with van der Waals surface area (Å²) >= 11 is 0. The number of benzene rings is 1. The molecule has 0 saturated carbocycles. The topological polar surface area (TPSA) is 45.3 Å². The number of piperidine rings is 3. The maximum atomic E-state index is 13.0. The van der Waals surface area contributed by atoms with Gasteiger partial charge in [-0.3, -0.25) is 9.69 Å². The summed E-state index contributed by atoms with van der Waals surface area (Å²) in [5, 5.41) is 0. The van der Waals surface area contributed by atoms with Crippen molar-refractivity contribution in [3.05, 3.63) is 23.8 Å². The van der Waals surface area contributed by atoms with E-state index in [0.29, 0.717) is 37.3 Å². The summed E-state index contributed by atoms with van der Waals surface area (Å²) in [7, 11) is 3.94. The molecule has 5 aliphatic rings. The standard InChI is InChI=1S/C20H27N3O3/c1-21(2)11-18(24)23-10-15(14-3-4-16-17(9-14)26-12-25-16)20-19(23)13-5-7-22(20)8-6-13/h3-4,9,13,15,19-20H,5-8,10-12H2,1-2H3/t15-,19+,20+/m1/s1. The highest BCUT2D eigenvalue weighted by Gasteiger charge is 2.54. The first-order chi connectivity index (χ1) is 12.6. The van der Waals surface area contributed by atoms with Gasteiger partial charge in [0.25, 0.3) is 0 Å². The predicted molar refractivity (Wildman–Crippen MR) is 97.4 cm³/mol. The van der Waals surface area contributed by atoms with E-state index in [9.17, 15) is 4.79 Å². The van der Waals surface area contributed by atoms with Crippen LogP contribution in [0.4, 0.5) is 0 Å². The zero-order valence-electron chi connectivity index (χ0n) is 15.6. The first-order valence-electron chi connectivity index (χ1n) is 9.69. The van der Waals surface area contributed by atoms with Gasteiger partial charge < -0.3 is 19.3 Å². The lowest BCUT2D eigenvalue weighted by atomic mass is 9.75. The summed E-state index contributed by atoms with van der Waals surface area (Å²) in [6, 6.07) is 7.12. The second kappa shape index (κ2) is 6.13. The molecule has 6 heteroatoms. The Bertz CT molecular complexity index is 714. The van der Waals surface area contributed by atoms with Gasteiger partial charge in [0.15, 0.2) is 11.5 Å². The molecule has 6 nitrogen and oxygen atoms in total. The van der Waals surface area contributed by atoms with Crippen molar-refractivity contribution < 1.29 is 14.3 Å². The Morgan fingerprint density at radius 2 is 1.92 bits per heavy atom. The van der Waals surface area contributed by atoms with Crippen LogP contribution in [0.25, 0.3) is 0 Å². The molecule has 140 valence electrons. The Hall–Kier alpha value is -1.79. The monoisotopic (exact) mass is 357 g/mol. The molecule has 1 amide bonds. The first kappa shape index (κ1) is 16.4. The van der Waals surface area contributed by atoms with Crippen LogP contribution >= 0.6 is 0 Å². The molecule has 4 fully saturated rings. The minimum Gasteiger partial charge on any atom is -0.454 e. The zero-order valence-corrected chi connectivity index (χ0v) is 15.6. The number of likely N-dealkylation sites (N-methyl/N-ethyl adjacent to an activating group) is 1. The number of fused-ring (bicyclic) bond motifs is 3. The van der Waals surface area contributed by atoms with E-state index in [2.05, 4.69) is 21.9 Å². The summed E-state index contributed by atoms with van der Waals surface area (Å²) in [6.07, 6.45) is 2.45. The minimum atomic E-state index is 0.266. The lowest BCUT2D eigenvalue weighted by molar-refractivity contribution is -0.136. The largest absolute Gasteiger partial charge is 0.454 e. The van der Waals surface area contributed by atoms with Gasteiger partial charge in [0.05, 0.1) is 12.6 Å². The Balaban J connectivity index is 1.49. The lowest BCUT2D eigenvalue weighted by Crippen LogP contribution is -2.61. The number of nitrogens with zero attached hydrogens (tertiary/aromatic N) is 3. The highest BCUT2D eigenvalue weighted by molar-refractivity contribution is 5.79. The summed E-state index contributed by atoms with van der Waals surface area (Å²) in [5.41, 5.74) is 1.27. The molecule has 26 heavy (non-hydrogen) atoms. The molecule has 0 N–H and O–H groups in total. The van der Waals surface area contributed by atoms with Crippen LogP contribution in [0.5, 0.6) is 11.5 Å². The summed E-state index contributed by atoms with van der Waals surface area (Å²) in [4.78, 5) is 19.8. The number of hydrogen-bond acceptors (Lipinski definition) is 5. The maximum Gasteiger partial charge on any atom is 0.237 e. The van der Waals surface area contributed by atoms with Crippen LogP contribution in [0.1, 0.15) is 24.3 Å². The summed E-state index contributed by atoms with van der Waals surface area (Å²) < 4.78 is 11.1. The van der Waals surface area contributed by atoms with Crippen molar-refractivity contribution in [2.45, 2.75) is 30.8 Å². The van der Waals surface area contributed by atoms with Gasteiger partial charge >= 0.3 is 0 Å². The van der Waals surface area contributed by atoms with Crippen molar-refractivity contribution in [1.29, 1.82) is 0 Å². The Morgan fingerprint density at radius 1 is 1.15 bits per heavy atom. The second-order valence-corrected chi connectivity index (χ2v) is 8.36. The van der Waals surface area contributed by atoms with Crippen LogP contribution in [0.15, 0.2) is 18.2 Å². The molecule has 0 spiro atoms. The first-order valence-corrected chi connectivity index (χ1v) is 9.69. The number of rotatable bonds is 3. The van der Waals surface area contributed by atoms with E-state index < -0.39 is 0 Å². The zero-order chi connectivity index (χ0) is 17.8. The number of ether oxygens (including phenoxy) is 2. The molecule has 1 aromatic rings. The molecule has 1 aromatic carbocycles. The minimum absolute atomic E-state index is 0.266. The quantitative estimate of drug-likeness (QED) is 0.818. The lowest BCUT2D eigenvalue weighted by Gasteiger charge is -2.51. The van der Waals surface area contributed by atoms with Crippen molar-refractivity contribution in [2.75, 3.05) is 47.1 Å². The van der Waals surface area contributed by atoms with Gasteiger partial charge in [0.1, 0.15) is 0 Å². The highest BCUT2D eigenvalue weighted by atomic mass is 16.7. The number of likely N-dealkylation sites (tertiary alicyclic amines) is 1. The van der Waals surface area contributed by atoms with Crippen molar-refractivity contribution in [3.63, 3.8) is 0 Å². The van der Waals surface area contributed by atoms with E-state index in [1.807, 2.05) is 25.1 Å². The van der Waals surface area contributed by atoms with E-state index >= 15 is 0 Å². The Labute approximate surface area is 154 Å². The SMILES string of the molecule is CN(C)CC(=O)N1C[C@H](c2ccc3c(c2)OCO3)[C@H]2[C@@H]1C1CCN2CC1. The number of carbonyl (C=O) groups excluding carboxylic acids is 1. The third kappa shape index (κ3) is 2.50. The molecule has 0 unspecified atom stereocenters. The third-order valence-corrected chi connectivity index (χ3v) is 6.59. The second-order valence-electron chi connectivity index (χ2n) is 8.36. The average molecular weight is 357 g/mol. The summed E-state index contributed by atoms with van der Waals surface area (Å²) in [5.74, 6) is 2.93. The van der Waals surface area contributed by atoms with E-state index in [1.165, 1.54) is 31.5 Å². The van der Waals surface area contributed by atoms with Gasteiger partial charge in [-0.1, -0.05) is 6.07 Å². The fourth-order valence-electron chi connectivity index (χ4n) is 5.50. The summed E-state index contributed by atoms with van der Waals surface area (Å²) in [6.45, 7) is 3.95. The maximum absolute atomic E-state index is 13.0. The van der Waals surface area contributed by atoms with Crippen molar-refractivity contribution in [2.24, 2.45) is 5.92 Å². The Morgan fingerprint density at radius 3 is 2.69 bits per heavy atom. The van der Waals surface area contributed by atoms with E-state index in [0.717, 1.165) is 18.0 Å². The van der Waals surface area contributed by atoms with E-state index in [-0.39, 0.29) is 5.91 Å². The number of amides is 1. The molecular weight excluding hydrogens is 330 g/mol. The molecule has 5 heterocycles. The normalized spacial score (nSPS) is 34.4. The molecule has 0 aromatic heterocycles. The van der Waals surface area contributed by atoms with Crippen LogP contribution < -0.4 is 9.47 Å². The molecule has 4 saturated heterocycles. The van der Waals surface area contributed by atoms with Crippen molar-refractivity contribution >= 4 is 5.91 Å².